The van der Waals surface area contributed by atoms with E-state index in [2.05, 4.69) is 24.2 Å². The molecule has 0 spiro atoms. The molecule has 2 rings (SSSR count). The Balaban J connectivity index is 1.86. The first-order valence-electron chi connectivity index (χ1n) is 7.17. The van der Waals surface area contributed by atoms with Gasteiger partial charge in [0.2, 0.25) is 0 Å². The van der Waals surface area contributed by atoms with E-state index in [9.17, 15) is 0 Å². The summed E-state index contributed by atoms with van der Waals surface area (Å²) >= 11 is 0. The maximum Gasteiger partial charge on any atom is 0.00924 e. The Kier molecular flexibility index (Phi) is 4.26. The molecular formula is C14H28N2. The van der Waals surface area contributed by atoms with Crippen LogP contribution in [0, 0.1) is 5.41 Å². The molecule has 1 saturated heterocycles. The monoisotopic (exact) mass is 224 g/mol. The first kappa shape index (κ1) is 12.4. The van der Waals surface area contributed by atoms with Crippen molar-refractivity contribution in [3.05, 3.63) is 0 Å². The Labute approximate surface area is 101 Å². The van der Waals surface area contributed by atoms with Crippen LogP contribution >= 0.6 is 0 Å². The van der Waals surface area contributed by atoms with Gasteiger partial charge in [0.25, 0.3) is 0 Å². The fraction of sp³-hybridized carbons (Fsp3) is 1.00. The van der Waals surface area contributed by atoms with Gasteiger partial charge in [-0.2, -0.15) is 0 Å². The minimum atomic E-state index is 0.576. The van der Waals surface area contributed by atoms with Crippen LogP contribution in [0.2, 0.25) is 0 Å². The Bertz CT molecular complexity index is 203. The molecule has 1 unspecified atom stereocenters. The van der Waals surface area contributed by atoms with Crippen molar-refractivity contribution in [1.29, 1.82) is 0 Å². The summed E-state index contributed by atoms with van der Waals surface area (Å²) in [5.74, 6) is 0. The van der Waals surface area contributed by atoms with E-state index in [1.807, 2.05) is 0 Å². The molecule has 1 N–H and O–H groups in total. The average Bonchev–Trinajstić information content (AvgIpc) is 2.79. The molecule has 0 aromatic carbocycles. The quantitative estimate of drug-likeness (QED) is 0.790. The minimum absolute atomic E-state index is 0.576. The van der Waals surface area contributed by atoms with Gasteiger partial charge in [-0.25, -0.2) is 0 Å². The third kappa shape index (κ3) is 2.78. The van der Waals surface area contributed by atoms with E-state index in [0.717, 1.165) is 6.04 Å². The maximum absolute atomic E-state index is 3.55. The van der Waals surface area contributed by atoms with Gasteiger partial charge in [-0.15, -0.1) is 0 Å². The van der Waals surface area contributed by atoms with Gasteiger partial charge in [0, 0.05) is 19.1 Å². The highest BCUT2D eigenvalue weighted by Gasteiger charge is 2.34. The van der Waals surface area contributed by atoms with E-state index in [0.29, 0.717) is 5.41 Å². The van der Waals surface area contributed by atoms with Crippen molar-refractivity contribution in [2.45, 2.75) is 57.9 Å². The smallest absolute Gasteiger partial charge is 0.00924 e. The van der Waals surface area contributed by atoms with Crippen molar-refractivity contribution < 1.29 is 0 Å². The predicted octanol–water partition coefficient (Wildman–Crippen LogP) is 2.64. The average molecular weight is 224 g/mol. The van der Waals surface area contributed by atoms with Gasteiger partial charge < -0.3 is 10.2 Å². The summed E-state index contributed by atoms with van der Waals surface area (Å²) in [7, 11) is 2.35. The first-order chi connectivity index (χ1) is 7.76. The fourth-order valence-electron chi connectivity index (χ4n) is 3.52. The lowest BCUT2D eigenvalue weighted by atomic mass is 9.82. The molecular weight excluding hydrogens is 196 g/mol. The highest BCUT2D eigenvalue weighted by atomic mass is 15.1. The van der Waals surface area contributed by atoms with Crippen LogP contribution in [0.25, 0.3) is 0 Å². The van der Waals surface area contributed by atoms with Crippen LogP contribution < -0.4 is 5.32 Å². The lowest BCUT2D eigenvalue weighted by molar-refractivity contribution is 0.119. The van der Waals surface area contributed by atoms with Gasteiger partial charge in [0.1, 0.15) is 0 Å². The highest BCUT2D eigenvalue weighted by molar-refractivity contribution is 4.90. The molecule has 2 fully saturated rings. The Morgan fingerprint density at radius 1 is 1.25 bits per heavy atom. The molecule has 0 amide bonds. The number of hydrogen-bond donors (Lipinski definition) is 1. The van der Waals surface area contributed by atoms with E-state index in [-0.39, 0.29) is 0 Å². The molecule has 1 saturated carbocycles. The number of nitrogens with one attached hydrogen (secondary N) is 1. The molecule has 1 heterocycles. The molecule has 1 aliphatic heterocycles. The van der Waals surface area contributed by atoms with Crippen molar-refractivity contribution in [3.8, 4) is 0 Å². The van der Waals surface area contributed by atoms with Crippen LogP contribution in [0.4, 0.5) is 0 Å². The van der Waals surface area contributed by atoms with E-state index in [1.165, 1.54) is 64.6 Å². The van der Waals surface area contributed by atoms with E-state index < -0.39 is 0 Å². The molecule has 16 heavy (non-hydrogen) atoms. The first-order valence-corrected chi connectivity index (χ1v) is 7.17. The largest absolute Gasteiger partial charge is 0.316 e. The van der Waals surface area contributed by atoms with Gasteiger partial charge in [0.15, 0.2) is 0 Å². The number of rotatable bonds is 4. The number of nitrogens with zero attached hydrogens (tertiary/aromatic N) is 1. The second kappa shape index (κ2) is 5.50. The molecule has 0 aromatic heterocycles. The van der Waals surface area contributed by atoms with E-state index >= 15 is 0 Å². The lowest BCUT2D eigenvalue weighted by Crippen LogP contribution is -2.42. The minimum Gasteiger partial charge on any atom is -0.316 e. The third-order valence-corrected chi connectivity index (χ3v) is 4.86. The molecule has 2 aliphatic rings. The SMILES string of the molecule is CCC1(CN(C)C2CCCCC2)CCNC1. The van der Waals surface area contributed by atoms with Crippen LogP contribution in [-0.4, -0.2) is 37.6 Å². The van der Waals surface area contributed by atoms with Crippen LogP contribution in [0.1, 0.15) is 51.9 Å². The van der Waals surface area contributed by atoms with Crippen molar-refractivity contribution in [1.82, 2.24) is 10.2 Å². The van der Waals surface area contributed by atoms with Crippen LogP contribution in [-0.2, 0) is 0 Å². The Morgan fingerprint density at radius 3 is 2.56 bits per heavy atom. The van der Waals surface area contributed by atoms with Gasteiger partial charge in [-0.05, 0) is 44.7 Å². The van der Waals surface area contributed by atoms with Crippen LogP contribution in [0.15, 0.2) is 0 Å². The second-order valence-corrected chi connectivity index (χ2v) is 5.99. The molecule has 0 bridgehead atoms. The Hall–Kier alpha value is -0.0800. The normalized spacial score (nSPS) is 32.4. The molecule has 1 aliphatic carbocycles. The number of hydrogen-bond acceptors (Lipinski definition) is 2. The summed E-state index contributed by atoms with van der Waals surface area (Å²) in [5.41, 5.74) is 0.576. The zero-order valence-electron chi connectivity index (χ0n) is 11.1. The summed E-state index contributed by atoms with van der Waals surface area (Å²) in [4.78, 5) is 2.66. The molecule has 2 heteroatoms. The molecule has 2 nitrogen and oxygen atoms in total. The molecule has 1 atom stereocenters. The van der Waals surface area contributed by atoms with Crippen molar-refractivity contribution in [2.75, 3.05) is 26.7 Å². The fourth-order valence-corrected chi connectivity index (χ4v) is 3.52. The Morgan fingerprint density at radius 2 is 2.00 bits per heavy atom. The van der Waals surface area contributed by atoms with Crippen LogP contribution in [0.5, 0.6) is 0 Å². The molecule has 94 valence electrons. The summed E-state index contributed by atoms with van der Waals surface area (Å²) in [6.45, 7) is 6.13. The summed E-state index contributed by atoms with van der Waals surface area (Å²) < 4.78 is 0. The summed E-state index contributed by atoms with van der Waals surface area (Å²) in [6, 6.07) is 0.873. The van der Waals surface area contributed by atoms with E-state index in [4.69, 9.17) is 0 Å². The van der Waals surface area contributed by atoms with Crippen LogP contribution in [0.3, 0.4) is 0 Å². The van der Waals surface area contributed by atoms with Gasteiger partial charge in [-0.3, -0.25) is 0 Å². The second-order valence-electron chi connectivity index (χ2n) is 5.99. The van der Waals surface area contributed by atoms with Crippen molar-refractivity contribution in [2.24, 2.45) is 5.41 Å². The maximum atomic E-state index is 3.55. The van der Waals surface area contributed by atoms with Gasteiger partial charge >= 0.3 is 0 Å². The standard InChI is InChI=1S/C14H28N2/c1-3-14(9-10-15-11-14)12-16(2)13-7-5-4-6-8-13/h13,15H,3-12H2,1-2H3. The topological polar surface area (TPSA) is 15.3 Å². The summed E-state index contributed by atoms with van der Waals surface area (Å²) in [5, 5.41) is 3.55. The summed E-state index contributed by atoms with van der Waals surface area (Å²) in [6.07, 6.45) is 9.94. The molecule has 0 radical (unpaired) electrons. The zero-order chi connectivity index (χ0) is 11.4. The third-order valence-electron chi connectivity index (χ3n) is 4.86. The lowest BCUT2D eigenvalue weighted by Gasteiger charge is -2.38. The highest BCUT2D eigenvalue weighted by Crippen LogP contribution is 2.32. The van der Waals surface area contributed by atoms with E-state index in [1.54, 1.807) is 0 Å². The van der Waals surface area contributed by atoms with Gasteiger partial charge in [-0.1, -0.05) is 26.2 Å². The van der Waals surface area contributed by atoms with Crippen molar-refractivity contribution >= 4 is 0 Å². The zero-order valence-corrected chi connectivity index (χ0v) is 11.1. The van der Waals surface area contributed by atoms with Gasteiger partial charge in [0.05, 0.1) is 0 Å². The predicted molar refractivity (Wildman–Crippen MR) is 69.7 cm³/mol. The molecule has 0 aromatic rings. The van der Waals surface area contributed by atoms with Crippen molar-refractivity contribution in [3.63, 3.8) is 0 Å².